The van der Waals surface area contributed by atoms with Gasteiger partial charge in [-0.25, -0.2) is 8.78 Å². The Morgan fingerprint density at radius 3 is 2.26 bits per heavy atom. The molecule has 1 nitrogen and oxygen atoms in total. The Balaban J connectivity index is 2.25. The smallest absolute Gasteiger partial charge is 0.159 e. The number of benzene rings is 2. The summed E-state index contributed by atoms with van der Waals surface area (Å²) in [7, 11) is 0. The van der Waals surface area contributed by atoms with E-state index in [1.165, 1.54) is 6.07 Å². The molecule has 2 rings (SSSR count). The van der Waals surface area contributed by atoms with Crippen molar-refractivity contribution in [1.29, 1.82) is 0 Å². The van der Waals surface area contributed by atoms with Gasteiger partial charge in [-0.05, 0) is 48.7 Å². The largest absolute Gasteiger partial charge is 0.321 e. The number of rotatable bonds is 3. The summed E-state index contributed by atoms with van der Waals surface area (Å²) < 4.78 is 27.0. The van der Waals surface area contributed by atoms with Crippen LogP contribution in [0.15, 0.2) is 46.9 Å². The molecule has 0 spiro atoms. The Hall–Kier alpha value is -1.26. The summed E-state index contributed by atoms with van der Waals surface area (Å²) in [4.78, 5) is 0. The minimum absolute atomic E-state index is 0.436. The summed E-state index contributed by atoms with van der Waals surface area (Å²) in [5, 5.41) is 0. The zero-order chi connectivity index (χ0) is 14.0. The van der Waals surface area contributed by atoms with Gasteiger partial charge in [0, 0.05) is 10.0 Å². The molecular weight excluding hydrogens is 312 g/mol. The Morgan fingerprint density at radius 2 is 1.68 bits per heavy atom. The molecule has 100 valence electrons. The Kier molecular flexibility index (Phi) is 4.02. The van der Waals surface area contributed by atoms with Crippen molar-refractivity contribution in [1.82, 2.24) is 0 Å². The number of nitrogens with two attached hydrogens (primary N) is 1. The number of hydrogen-bond acceptors (Lipinski definition) is 1. The third-order valence-corrected chi connectivity index (χ3v) is 3.59. The molecule has 2 aromatic rings. The van der Waals surface area contributed by atoms with Gasteiger partial charge in [-0.3, -0.25) is 0 Å². The third kappa shape index (κ3) is 3.39. The van der Waals surface area contributed by atoms with Gasteiger partial charge in [-0.1, -0.05) is 34.1 Å². The second-order valence-corrected chi connectivity index (χ2v) is 5.77. The highest BCUT2D eigenvalue weighted by Crippen LogP contribution is 2.25. The van der Waals surface area contributed by atoms with Gasteiger partial charge >= 0.3 is 0 Å². The van der Waals surface area contributed by atoms with E-state index in [9.17, 15) is 8.78 Å². The summed E-state index contributed by atoms with van der Waals surface area (Å²) in [6, 6.07) is 11.5. The lowest BCUT2D eigenvalue weighted by Gasteiger charge is -2.25. The van der Waals surface area contributed by atoms with E-state index in [-0.39, 0.29) is 0 Å². The van der Waals surface area contributed by atoms with Gasteiger partial charge in [-0.15, -0.1) is 0 Å². The predicted molar refractivity (Wildman–Crippen MR) is 75.7 cm³/mol. The van der Waals surface area contributed by atoms with Gasteiger partial charge in [0.25, 0.3) is 0 Å². The maximum absolute atomic E-state index is 13.2. The first-order valence-electron chi connectivity index (χ1n) is 5.87. The first-order chi connectivity index (χ1) is 8.88. The Labute approximate surface area is 119 Å². The zero-order valence-corrected chi connectivity index (χ0v) is 12.0. The lowest BCUT2D eigenvalue weighted by molar-refractivity contribution is 0.480. The van der Waals surface area contributed by atoms with Gasteiger partial charge in [0.15, 0.2) is 11.6 Å². The van der Waals surface area contributed by atoms with Crippen LogP contribution >= 0.6 is 15.9 Å². The van der Waals surface area contributed by atoms with Crippen LogP contribution in [0, 0.1) is 11.6 Å². The van der Waals surface area contributed by atoms with E-state index >= 15 is 0 Å². The molecule has 0 amide bonds. The fraction of sp³-hybridized carbons (Fsp3) is 0.200. The molecule has 0 saturated carbocycles. The fourth-order valence-corrected chi connectivity index (χ4v) is 2.27. The second kappa shape index (κ2) is 5.39. The van der Waals surface area contributed by atoms with Crippen molar-refractivity contribution in [2.45, 2.75) is 18.9 Å². The van der Waals surface area contributed by atoms with Crippen LogP contribution in [0.1, 0.15) is 18.1 Å². The van der Waals surface area contributed by atoms with Gasteiger partial charge in [0.05, 0.1) is 0 Å². The van der Waals surface area contributed by atoms with E-state index in [2.05, 4.69) is 15.9 Å². The first kappa shape index (κ1) is 14.2. The van der Waals surface area contributed by atoms with Gasteiger partial charge < -0.3 is 5.73 Å². The summed E-state index contributed by atoms with van der Waals surface area (Å²) in [5.74, 6) is -1.68. The van der Waals surface area contributed by atoms with Crippen LogP contribution in [0.25, 0.3) is 0 Å². The molecule has 2 N–H and O–H groups in total. The Morgan fingerprint density at radius 1 is 1.05 bits per heavy atom. The monoisotopic (exact) mass is 325 g/mol. The summed E-state index contributed by atoms with van der Waals surface area (Å²) in [5.41, 5.74) is 7.26. The molecule has 2 aromatic carbocycles. The topological polar surface area (TPSA) is 26.0 Å². The molecule has 0 aliphatic heterocycles. The van der Waals surface area contributed by atoms with E-state index in [0.717, 1.165) is 16.1 Å². The lowest BCUT2D eigenvalue weighted by Crippen LogP contribution is -2.35. The fourth-order valence-electron chi connectivity index (χ4n) is 2.01. The SMILES string of the molecule is CC(N)(Cc1ccc(F)c(F)c1)c1ccc(Br)cc1. The molecule has 1 unspecified atom stereocenters. The number of halogens is 3. The minimum atomic E-state index is -0.843. The molecule has 0 aliphatic rings. The van der Waals surface area contributed by atoms with Crippen LogP contribution in [-0.2, 0) is 12.0 Å². The van der Waals surface area contributed by atoms with E-state index in [1.54, 1.807) is 6.07 Å². The van der Waals surface area contributed by atoms with Crippen molar-refractivity contribution < 1.29 is 8.78 Å². The average molecular weight is 326 g/mol. The molecule has 0 heterocycles. The van der Waals surface area contributed by atoms with Crippen molar-refractivity contribution in [3.05, 3.63) is 69.7 Å². The highest BCUT2D eigenvalue weighted by molar-refractivity contribution is 9.10. The van der Waals surface area contributed by atoms with Crippen LogP contribution in [0.4, 0.5) is 8.78 Å². The Bertz CT molecular complexity index is 579. The molecule has 0 radical (unpaired) electrons. The van der Waals surface area contributed by atoms with Gasteiger partial charge in [-0.2, -0.15) is 0 Å². The molecule has 0 saturated heterocycles. The molecule has 1 atom stereocenters. The zero-order valence-electron chi connectivity index (χ0n) is 10.5. The van der Waals surface area contributed by atoms with Crippen LogP contribution in [0.5, 0.6) is 0 Å². The van der Waals surface area contributed by atoms with E-state index < -0.39 is 17.2 Å². The maximum Gasteiger partial charge on any atom is 0.159 e. The van der Waals surface area contributed by atoms with Gasteiger partial charge in [0.1, 0.15) is 0 Å². The van der Waals surface area contributed by atoms with E-state index in [0.29, 0.717) is 12.0 Å². The highest BCUT2D eigenvalue weighted by Gasteiger charge is 2.22. The molecule has 0 aliphatic carbocycles. The molecule has 4 heteroatoms. The quantitative estimate of drug-likeness (QED) is 0.901. The number of hydrogen-bond donors (Lipinski definition) is 1. The van der Waals surface area contributed by atoms with Crippen LogP contribution in [-0.4, -0.2) is 0 Å². The molecule has 19 heavy (non-hydrogen) atoms. The normalized spacial score (nSPS) is 14.2. The summed E-state index contributed by atoms with van der Waals surface area (Å²) in [6.45, 7) is 1.87. The average Bonchev–Trinajstić information content (AvgIpc) is 2.34. The summed E-state index contributed by atoms with van der Waals surface area (Å²) >= 11 is 3.36. The van der Waals surface area contributed by atoms with Crippen molar-refractivity contribution in [3.63, 3.8) is 0 Å². The van der Waals surface area contributed by atoms with Gasteiger partial charge in [0.2, 0.25) is 0 Å². The lowest BCUT2D eigenvalue weighted by atomic mass is 9.86. The second-order valence-electron chi connectivity index (χ2n) is 4.85. The van der Waals surface area contributed by atoms with Crippen molar-refractivity contribution in [3.8, 4) is 0 Å². The van der Waals surface area contributed by atoms with Crippen LogP contribution in [0.2, 0.25) is 0 Å². The van der Waals surface area contributed by atoms with E-state index in [1.807, 2.05) is 31.2 Å². The molecular formula is C15H14BrF2N. The molecule has 0 fully saturated rings. The van der Waals surface area contributed by atoms with Crippen molar-refractivity contribution in [2.75, 3.05) is 0 Å². The maximum atomic E-state index is 13.2. The van der Waals surface area contributed by atoms with Crippen molar-refractivity contribution in [2.24, 2.45) is 5.73 Å². The minimum Gasteiger partial charge on any atom is -0.321 e. The van der Waals surface area contributed by atoms with Crippen LogP contribution in [0.3, 0.4) is 0 Å². The predicted octanol–water partition coefficient (Wildman–Crippen LogP) is 4.14. The summed E-state index contributed by atoms with van der Waals surface area (Å²) in [6.07, 6.45) is 0.436. The molecule has 0 bridgehead atoms. The van der Waals surface area contributed by atoms with Crippen molar-refractivity contribution >= 4 is 15.9 Å². The highest BCUT2D eigenvalue weighted by atomic mass is 79.9. The standard InChI is InChI=1S/C15H14BrF2N/c1-15(19,11-3-5-12(16)6-4-11)9-10-2-7-13(17)14(18)8-10/h2-8H,9,19H2,1H3. The molecule has 0 aromatic heterocycles. The van der Waals surface area contributed by atoms with Crippen LogP contribution < -0.4 is 5.73 Å². The van der Waals surface area contributed by atoms with E-state index in [4.69, 9.17) is 5.73 Å². The first-order valence-corrected chi connectivity index (χ1v) is 6.67. The third-order valence-electron chi connectivity index (χ3n) is 3.06.